The van der Waals surface area contributed by atoms with Crippen LogP contribution in [0.2, 0.25) is 0 Å². The van der Waals surface area contributed by atoms with Crippen LogP contribution in [0, 0.1) is 5.41 Å². The van der Waals surface area contributed by atoms with Gasteiger partial charge >= 0.3 is 0 Å². The molecule has 0 N–H and O–H groups in total. The topological polar surface area (TPSA) is 28.6 Å². The molecule has 2 aliphatic rings. The third-order valence-corrected chi connectivity index (χ3v) is 5.10. The lowest BCUT2D eigenvalue weighted by Gasteiger charge is -2.44. The van der Waals surface area contributed by atoms with Crippen LogP contribution in [0.1, 0.15) is 32.3 Å². The van der Waals surface area contributed by atoms with Crippen molar-refractivity contribution in [3.05, 3.63) is 30.1 Å². The van der Waals surface area contributed by atoms with E-state index in [1.807, 2.05) is 12.4 Å². The molecule has 1 spiro atoms. The Labute approximate surface area is 134 Å². The number of pyridine rings is 1. The summed E-state index contributed by atoms with van der Waals surface area (Å²) >= 11 is 0. The minimum Gasteiger partial charge on any atom is -0.379 e. The Morgan fingerprint density at radius 2 is 2.05 bits per heavy atom. The molecular weight excluding hydrogens is 274 g/mol. The number of hydrogen-bond donors (Lipinski definition) is 0. The highest BCUT2D eigenvalue weighted by molar-refractivity contribution is 5.10. The van der Waals surface area contributed by atoms with E-state index in [0.717, 1.165) is 32.8 Å². The summed E-state index contributed by atoms with van der Waals surface area (Å²) < 4.78 is 5.99. The second-order valence-electron chi connectivity index (χ2n) is 7.29. The van der Waals surface area contributed by atoms with Gasteiger partial charge in [0.05, 0.1) is 13.2 Å². The summed E-state index contributed by atoms with van der Waals surface area (Å²) in [7, 11) is 0. The third-order valence-electron chi connectivity index (χ3n) is 5.10. The molecule has 3 heterocycles. The smallest absolute Gasteiger partial charge is 0.0593 e. The quantitative estimate of drug-likeness (QED) is 0.857. The van der Waals surface area contributed by atoms with Gasteiger partial charge in [0.2, 0.25) is 0 Å². The van der Waals surface area contributed by atoms with Crippen molar-refractivity contribution in [3.63, 3.8) is 0 Å². The van der Waals surface area contributed by atoms with Crippen molar-refractivity contribution in [2.24, 2.45) is 5.41 Å². The highest BCUT2D eigenvalue weighted by Gasteiger charge is 2.39. The van der Waals surface area contributed by atoms with Crippen molar-refractivity contribution in [3.8, 4) is 0 Å². The predicted octanol–water partition coefficient (Wildman–Crippen LogP) is 2.40. The van der Waals surface area contributed by atoms with Gasteiger partial charge in [0.25, 0.3) is 0 Å². The van der Waals surface area contributed by atoms with Crippen molar-refractivity contribution >= 4 is 0 Å². The minimum absolute atomic E-state index is 0.312. The highest BCUT2D eigenvalue weighted by atomic mass is 16.5. The Morgan fingerprint density at radius 1 is 1.23 bits per heavy atom. The molecule has 3 rings (SSSR count). The summed E-state index contributed by atoms with van der Waals surface area (Å²) in [5, 5.41) is 0. The molecule has 4 nitrogen and oxygen atoms in total. The molecular formula is C18H29N3O. The predicted molar refractivity (Wildman–Crippen MR) is 88.7 cm³/mol. The molecule has 0 amide bonds. The Balaban J connectivity index is 1.68. The molecule has 2 aliphatic heterocycles. The van der Waals surface area contributed by atoms with Crippen LogP contribution in [-0.2, 0) is 11.3 Å². The van der Waals surface area contributed by atoms with Gasteiger partial charge in [-0.25, -0.2) is 0 Å². The first-order valence-corrected chi connectivity index (χ1v) is 8.60. The van der Waals surface area contributed by atoms with Gasteiger partial charge in [-0.2, -0.15) is 0 Å². The van der Waals surface area contributed by atoms with Crippen LogP contribution >= 0.6 is 0 Å². The summed E-state index contributed by atoms with van der Waals surface area (Å²) in [6.45, 7) is 12.0. The molecule has 0 aromatic carbocycles. The first kappa shape index (κ1) is 15.9. The molecule has 0 radical (unpaired) electrons. The van der Waals surface area contributed by atoms with Crippen LogP contribution in [0.4, 0.5) is 0 Å². The Hall–Kier alpha value is -0.970. The average molecular weight is 303 g/mol. The van der Waals surface area contributed by atoms with Gasteiger partial charge in [-0.05, 0) is 50.9 Å². The van der Waals surface area contributed by atoms with Gasteiger partial charge in [0, 0.05) is 50.0 Å². The van der Waals surface area contributed by atoms with Crippen molar-refractivity contribution in [2.45, 2.75) is 39.3 Å². The van der Waals surface area contributed by atoms with Gasteiger partial charge in [0.1, 0.15) is 0 Å². The Morgan fingerprint density at radius 3 is 2.82 bits per heavy atom. The first-order chi connectivity index (χ1) is 10.7. The number of ether oxygens (including phenoxy) is 1. The van der Waals surface area contributed by atoms with E-state index >= 15 is 0 Å². The third kappa shape index (κ3) is 3.86. The van der Waals surface area contributed by atoms with E-state index in [9.17, 15) is 0 Å². The maximum atomic E-state index is 5.99. The molecule has 1 aromatic rings. The molecule has 1 unspecified atom stereocenters. The second-order valence-corrected chi connectivity index (χ2v) is 7.29. The van der Waals surface area contributed by atoms with E-state index in [0.29, 0.717) is 11.5 Å². The van der Waals surface area contributed by atoms with E-state index in [1.165, 1.54) is 31.5 Å². The van der Waals surface area contributed by atoms with Gasteiger partial charge in [-0.3, -0.25) is 14.8 Å². The first-order valence-electron chi connectivity index (χ1n) is 8.60. The summed E-state index contributed by atoms with van der Waals surface area (Å²) in [4.78, 5) is 9.32. The molecule has 1 atom stereocenters. The number of rotatable bonds is 3. The molecule has 2 saturated heterocycles. The Kier molecular flexibility index (Phi) is 5.11. The number of likely N-dealkylation sites (tertiary alicyclic amines) is 1. The lowest BCUT2D eigenvalue weighted by Crippen LogP contribution is -2.51. The van der Waals surface area contributed by atoms with E-state index in [2.05, 4.69) is 40.8 Å². The van der Waals surface area contributed by atoms with Gasteiger partial charge in [-0.1, -0.05) is 0 Å². The van der Waals surface area contributed by atoms with Crippen LogP contribution in [0.15, 0.2) is 24.5 Å². The van der Waals surface area contributed by atoms with Gasteiger partial charge in [-0.15, -0.1) is 0 Å². The number of aromatic nitrogens is 1. The summed E-state index contributed by atoms with van der Waals surface area (Å²) in [5.74, 6) is 0. The molecule has 0 saturated carbocycles. The maximum Gasteiger partial charge on any atom is 0.0593 e. The summed E-state index contributed by atoms with van der Waals surface area (Å²) in [5.41, 5.74) is 1.67. The molecule has 22 heavy (non-hydrogen) atoms. The monoisotopic (exact) mass is 303 g/mol. The molecule has 1 aromatic heterocycles. The van der Waals surface area contributed by atoms with Crippen LogP contribution in [0.3, 0.4) is 0 Å². The normalized spacial score (nSPS) is 28.1. The molecule has 4 heteroatoms. The molecule has 0 bridgehead atoms. The number of nitrogens with zero attached hydrogens (tertiary/aromatic N) is 3. The summed E-state index contributed by atoms with van der Waals surface area (Å²) in [6.07, 6.45) is 6.36. The fourth-order valence-corrected chi connectivity index (χ4v) is 3.91. The van der Waals surface area contributed by atoms with Crippen molar-refractivity contribution in [1.82, 2.24) is 14.8 Å². The lowest BCUT2D eigenvalue weighted by atomic mass is 9.79. The average Bonchev–Trinajstić information content (AvgIpc) is 2.71. The van der Waals surface area contributed by atoms with Crippen LogP contribution in [0.25, 0.3) is 0 Å². The van der Waals surface area contributed by atoms with E-state index in [4.69, 9.17) is 4.74 Å². The second kappa shape index (κ2) is 7.07. The van der Waals surface area contributed by atoms with Gasteiger partial charge < -0.3 is 4.74 Å². The minimum atomic E-state index is 0.312. The van der Waals surface area contributed by atoms with Crippen LogP contribution in [-0.4, -0.2) is 60.2 Å². The fraction of sp³-hybridized carbons (Fsp3) is 0.722. The molecule has 2 fully saturated rings. The molecule has 122 valence electrons. The maximum absolute atomic E-state index is 5.99. The van der Waals surface area contributed by atoms with Crippen LogP contribution in [0.5, 0.6) is 0 Å². The van der Waals surface area contributed by atoms with Crippen molar-refractivity contribution < 1.29 is 4.74 Å². The summed E-state index contributed by atoms with van der Waals surface area (Å²) in [6, 6.07) is 4.87. The largest absolute Gasteiger partial charge is 0.379 e. The zero-order chi connectivity index (χ0) is 15.4. The van der Waals surface area contributed by atoms with Crippen molar-refractivity contribution in [1.29, 1.82) is 0 Å². The van der Waals surface area contributed by atoms with Crippen LogP contribution < -0.4 is 0 Å². The Bertz CT molecular complexity index is 465. The van der Waals surface area contributed by atoms with Crippen molar-refractivity contribution in [2.75, 3.05) is 39.4 Å². The number of piperidine rings is 1. The van der Waals surface area contributed by atoms with E-state index in [1.54, 1.807) is 0 Å². The van der Waals surface area contributed by atoms with E-state index < -0.39 is 0 Å². The zero-order valence-corrected chi connectivity index (χ0v) is 14.0. The fourth-order valence-electron chi connectivity index (χ4n) is 3.91. The SMILES string of the molecule is CC(C)N1CCOCC2(CCCN(Cc3ccncc3)C2)C1. The highest BCUT2D eigenvalue weighted by Crippen LogP contribution is 2.34. The van der Waals surface area contributed by atoms with E-state index in [-0.39, 0.29) is 0 Å². The lowest BCUT2D eigenvalue weighted by molar-refractivity contribution is 0.000963. The van der Waals surface area contributed by atoms with Gasteiger partial charge in [0.15, 0.2) is 0 Å². The number of hydrogen-bond acceptors (Lipinski definition) is 4. The molecule has 0 aliphatic carbocycles. The zero-order valence-electron chi connectivity index (χ0n) is 14.0. The standard InChI is InChI=1S/C18H29N3O/c1-16(2)21-10-11-22-15-18(14-21)6-3-9-20(13-18)12-17-4-7-19-8-5-17/h4-5,7-8,16H,3,6,9-15H2,1-2H3.